The summed E-state index contributed by atoms with van der Waals surface area (Å²) in [6, 6.07) is 12.0. The third-order valence-electron chi connectivity index (χ3n) is 5.96. The van der Waals surface area contributed by atoms with Gasteiger partial charge < -0.3 is 10.2 Å². The summed E-state index contributed by atoms with van der Waals surface area (Å²) in [7, 11) is -3.55. The molecule has 2 aromatic rings. The minimum Gasteiger partial charge on any atom is -0.350 e. The Labute approximate surface area is 220 Å². The second kappa shape index (κ2) is 12.1. The molecule has 0 spiro atoms. The first-order valence-corrected chi connectivity index (χ1v) is 14.2. The van der Waals surface area contributed by atoms with Gasteiger partial charge >= 0.3 is 0 Å². The molecule has 0 fully saturated rings. The highest BCUT2D eigenvalue weighted by Crippen LogP contribution is 2.26. The van der Waals surface area contributed by atoms with Crippen molar-refractivity contribution in [1.29, 1.82) is 0 Å². The van der Waals surface area contributed by atoms with Crippen molar-refractivity contribution in [3.05, 3.63) is 64.2 Å². The number of amides is 2. The summed E-state index contributed by atoms with van der Waals surface area (Å²) in [5.74, 6) is -0.517. The molecule has 0 aliphatic carbocycles. The number of sulfonamides is 1. The number of carbonyl (C=O) groups excluding carboxylic acids is 2. The highest BCUT2D eigenvalue weighted by Gasteiger charge is 2.29. The minimum atomic E-state index is -3.55. The van der Waals surface area contributed by atoms with E-state index in [4.69, 9.17) is 11.6 Å². The Kier molecular flexibility index (Phi) is 9.97. The molecule has 0 bridgehead atoms. The number of halogens is 1. The van der Waals surface area contributed by atoms with Gasteiger partial charge in [-0.2, -0.15) is 0 Å². The maximum atomic E-state index is 13.4. The van der Waals surface area contributed by atoms with E-state index in [9.17, 15) is 18.0 Å². The molecular formula is C27H38ClN3O4S. The first kappa shape index (κ1) is 29.6. The van der Waals surface area contributed by atoms with E-state index in [1.54, 1.807) is 25.1 Å². The second-order valence-corrected chi connectivity index (χ2v) is 12.5. The van der Waals surface area contributed by atoms with Gasteiger partial charge in [0.15, 0.2) is 0 Å². The smallest absolute Gasteiger partial charge is 0.242 e. The summed E-state index contributed by atoms with van der Waals surface area (Å²) in [5.41, 5.74) is 2.75. The number of benzene rings is 2. The number of nitrogens with one attached hydrogen (secondary N) is 1. The van der Waals surface area contributed by atoms with Crippen molar-refractivity contribution in [2.24, 2.45) is 0 Å². The lowest BCUT2D eigenvalue weighted by molar-refractivity contribution is -0.141. The lowest BCUT2D eigenvalue weighted by Gasteiger charge is -2.32. The fourth-order valence-electron chi connectivity index (χ4n) is 3.86. The van der Waals surface area contributed by atoms with Crippen LogP contribution < -0.4 is 9.62 Å². The molecule has 0 heterocycles. The number of hydrogen-bond acceptors (Lipinski definition) is 4. The average molecular weight is 536 g/mol. The minimum absolute atomic E-state index is 0.0779. The van der Waals surface area contributed by atoms with Crippen LogP contribution in [0, 0.1) is 13.8 Å². The molecule has 0 aliphatic rings. The molecular weight excluding hydrogens is 498 g/mol. The van der Waals surface area contributed by atoms with Gasteiger partial charge in [0.05, 0.1) is 11.9 Å². The molecule has 0 aliphatic heterocycles. The third-order valence-corrected chi connectivity index (χ3v) is 7.51. The van der Waals surface area contributed by atoms with Gasteiger partial charge in [-0.15, -0.1) is 0 Å². The summed E-state index contributed by atoms with van der Waals surface area (Å²) in [6.07, 6.45) is 1.54. The van der Waals surface area contributed by atoms with Crippen LogP contribution in [-0.2, 0) is 26.2 Å². The van der Waals surface area contributed by atoms with Crippen LogP contribution in [-0.4, -0.2) is 49.5 Å². The Morgan fingerprint density at radius 2 is 1.69 bits per heavy atom. The average Bonchev–Trinajstić information content (AvgIpc) is 2.76. The van der Waals surface area contributed by atoms with Crippen molar-refractivity contribution < 1.29 is 18.0 Å². The largest absolute Gasteiger partial charge is 0.350 e. The van der Waals surface area contributed by atoms with Crippen LogP contribution in [0.2, 0.25) is 5.02 Å². The summed E-state index contributed by atoms with van der Waals surface area (Å²) >= 11 is 6.34. The van der Waals surface area contributed by atoms with Crippen LogP contribution in [0.4, 0.5) is 5.69 Å². The van der Waals surface area contributed by atoms with E-state index >= 15 is 0 Å². The predicted molar refractivity (Wildman–Crippen MR) is 147 cm³/mol. The number of aryl methyl sites for hydroxylation is 1. The molecule has 2 rings (SSSR count). The van der Waals surface area contributed by atoms with Gasteiger partial charge in [-0.05, 0) is 76.8 Å². The molecule has 36 heavy (non-hydrogen) atoms. The van der Waals surface area contributed by atoms with E-state index in [-0.39, 0.29) is 31.3 Å². The molecule has 198 valence electrons. The molecule has 2 aromatic carbocycles. The van der Waals surface area contributed by atoms with Gasteiger partial charge in [0, 0.05) is 30.1 Å². The third kappa shape index (κ3) is 8.23. The van der Waals surface area contributed by atoms with Crippen LogP contribution in [0.1, 0.15) is 57.2 Å². The summed E-state index contributed by atoms with van der Waals surface area (Å²) in [5, 5.41) is 3.44. The molecule has 1 N–H and O–H groups in total. The fourth-order valence-corrected chi connectivity index (χ4v) is 5.07. The number of hydrogen-bond donors (Lipinski definition) is 1. The molecule has 2 amide bonds. The molecule has 9 heteroatoms. The van der Waals surface area contributed by atoms with E-state index < -0.39 is 21.6 Å². The number of anilines is 1. The van der Waals surface area contributed by atoms with Crippen LogP contribution in [0.15, 0.2) is 42.5 Å². The van der Waals surface area contributed by atoms with E-state index in [2.05, 4.69) is 5.32 Å². The topological polar surface area (TPSA) is 86.8 Å². The standard InChI is InChI=1S/C27H38ClN3O4S/c1-19-12-10-15-24(20(19)2)31(36(7,34)35)17-11-16-25(32)30(18-22-13-8-9-14-23(22)28)21(3)26(33)29-27(4,5)6/h8-10,12-15,21H,11,16-18H2,1-7H3,(H,29,33)/t21-/m0/s1. The number of rotatable bonds is 10. The summed E-state index contributed by atoms with van der Waals surface area (Å²) in [4.78, 5) is 27.8. The van der Waals surface area contributed by atoms with Crippen molar-refractivity contribution in [2.45, 2.75) is 72.5 Å². The van der Waals surface area contributed by atoms with Gasteiger partial charge in [0.1, 0.15) is 6.04 Å². The zero-order chi connectivity index (χ0) is 27.3. The van der Waals surface area contributed by atoms with Gasteiger partial charge in [0.2, 0.25) is 21.8 Å². The van der Waals surface area contributed by atoms with E-state index in [0.717, 1.165) is 16.7 Å². The lowest BCUT2D eigenvalue weighted by atomic mass is 10.1. The quantitative estimate of drug-likeness (QED) is 0.472. The van der Waals surface area contributed by atoms with Crippen LogP contribution in [0.5, 0.6) is 0 Å². The van der Waals surface area contributed by atoms with Gasteiger partial charge in [0.25, 0.3) is 0 Å². The van der Waals surface area contributed by atoms with Crippen molar-refractivity contribution >= 4 is 39.1 Å². The molecule has 0 unspecified atom stereocenters. The Balaban J connectivity index is 2.24. The first-order valence-electron chi connectivity index (χ1n) is 12.0. The highest BCUT2D eigenvalue weighted by atomic mass is 35.5. The molecule has 1 atom stereocenters. The van der Waals surface area contributed by atoms with Crippen molar-refractivity contribution in [2.75, 3.05) is 17.1 Å². The Bertz CT molecular complexity index is 1190. The zero-order valence-corrected chi connectivity index (χ0v) is 23.8. The lowest BCUT2D eigenvalue weighted by Crippen LogP contribution is -2.52. The Morgan fingerprint density at radius 3 is 2.28 bits per heavy atom. The highest BCUT2D eigenvalue weighted by molar-refractivity contribution is 7.92. The molecule has 0 saturated carbocycles. The summed E-state index contributed by atoms with van der Waals surface area (Å²) in [6.45, 7) is 11.5. The fraction of sp³-hybridized carbons (Fsp3) is 0.481. The molecule has 0 aromatic heterocycles. The van der Waals surface area contributed by atoms with E-state index in [1.807, 2.05) is 58.9 Å². The van der Waals surface area contributed by atoms with Crippen LogP contribution in [0.25, 0.3) is 0 Å². The van der Waals surface area contributed by atoms with Crippen LogP contribution >= 0.6 is 11.6 Å². The predicted octanol–water partition coefficient (Wildman–Crippen LogP) is 4.84. The molecule has 7 nitrogen and oxygen atoms in total. The first-order chi connectivity index (χ1) is 16.6. The summed E-state index contributed by atoms with van der Waals surface area (Å²) < 4.78 is 26.5. The van der Waals surface area contributed by atoms with Crippen molar-refractivity contribution in [3.8, 4) is 0 Å². The number of carbonyl (C=O) groups is 2. The van der Waals surface area contributed by atoms with Gasteiger partial charge in [-0.25, -0.2) is 8.42 Å². The zero-order valence-electron chi connectivity index (χ0n) is 22.3. The second-order valence-electron chi connectivity index (χ2n) is 10.2. The monoisotopic (exact) mass is 535 g/mol. The van der Waals surface area contributed by atoms with E-state index in [1.165, 1.54) is 15.5 Å². The Hall–Kier alpha value is -2.58. The van der Waals surface area contributed by atoms with Gasteiger partial charge in [-0.3, -0.25) is 13.9 Å². The van der Waals surface area contributed by atoms with Gasteiger partial charge in [-0.1, -0.05) is 41.9 Å². The molecule has 0 saturated heterocycles. The maximum Gasteiger partial charge on any atom is 0.242 e. The molecule has 0 radical (unpaired) electrons. The van der Waals surface area contributed by atoms with Crippen molar-refractivity contribution in [1.82, 2.24) is 10.2 Å². The van der Waals surface area contributed by atoms with Crippen molar-refractivity contribution in [3.63, 3.8) is 0 Å². The van der Waals surface area contributed by atoms with Crippen LogP contribution in [0.3, 0.4) is 0 Å². The number of nitrogens with zero attached hydrogens (tertiary/aromatic N) is 2. The maximum absolute atomic E-state index is 13.4. The van der Waals surface area contributed by atoms with E-state index in [0.29, 0.717) is 17.1 Å². The SMILES string of the molecule is Cc1cccc(N(CCCC(=O)N(Cc2ccccc2Cl)[C@@H](C)C(=O)NC(C)(C)C)S(C)(=O)=O)c1C. The Morgan fingerprint density at radius 1 is 1.06 bits per heavy atom. The normalized spacial score (nSPS) is 12.7.